The number of aliphatic hydroxyl groups is 1. The Kier molecular flexibility index (Phi) is 5.22. The fraction of sp³-hybridized carbons (Fsp3) is 0.846. The SMILES string of the molecule is CCOC(=O)[C@H](C)[C@H]1SC(C(C)(C)C)=N[C@@H]1CO. The van der Waals surface area contributed by atoms with Crippen LogP contribution in [0.4, 0.5) is 0 Å². The van der Waals surface area contributed by atoms with Crippen LogP contribution in [0.2, 0.25) is 0 Å². The highest BCUT2D eigenvalue weighted by molar-refractivity contribution is 8.14. The summed E-state index contributed by atoms with van der Waals surface area (Å²) in [5, 5.41) is 10.4. The van der Waals surface area contributed by atoms with Crippen LogP contribution in [0.15, 0.2) is 4.99 Å². The summed E-state index contributed by atoms with van der Waals surface area (Å²) in [4.78, 5) is 16.3. The van der Waals surface area contributed by atoms with Gasteiger partial charge < -0.3 is 9.84 Å². The first kappa shape index (κ1) is 15.5. The summed E-state index contributed by atoms with van der Waals surface area (Å²) >= 11 is 1.60. The standard InChI is InChI=1S/C13H23NO3S/c1-6-17-11(16)8(2)10-9(7-15)14-12(18-10)13(3,4)5/h8-10,15H,6-7H2,1-5H3/t8-,9-,10-/m1/s1. The molecule has 0 spiro atoms. The molecule has 1 heterocycles. The van der Waals surface area contributed by atoms with Crippen molar-refractivity contribution in [2.45, 2.75) is 45.9 Å². The predicted octanol–water partition coefficient (Wildman–Crippen LogP) is 2.11. The maximum Gasteiger partial charge on any atom is 0.309 e. The van der Waals surface area contributed by atoms with E-state index in [0.29, 0.717) is 6.61 Å². The molecule has 1 N–H and O–H groups in total. The van der Waals surface area contributed by atoms with Gasteiger partial charge in [-0.2, -0.15) is 0 Å². The Morgan fingerprint density at radius 2 is 2.17 bits per heavy atom. The number of rotatable bonds is 4. The van der Waals surface area contributed by atoms with E-state index in [1.54, 1.807) is 18.7 Å². The van der Waals surface area contributed by atoms with Crippen LogP contribution in [0.1, 0.15) is 34.6 Å². The van der Waals surface area contributed by atoms with Crippen LogP contribution in [-0.4, -0.2) is 40.6 Å². The van der Waals surface area contributed by atoms with Crippen LogP contribution in [-0.2, 0) is 9.53 Å². The Hall–Kier alpha value is -0.550. The Balaban J connectivity index is 2.78. The van der Waals surface area contributed by atoms with E-state index in [2.05, 4.69) is 25.8 Å². The summed E-state index contributed by atoms with van der Waals surface area (Å²) in [5.41, 5.74) is -0.0405. The number of ether oxygens (including phenoxy) is 1. The van der Waals surface area contributed by atoms with Crippen LogP contribution in [0.5, 0.6) is 0 Å². The minimum atomic E-state index is -0.254. The molecule has 0 unspecified atom stereocenters. The number of esters is 1. The normalized spacial score (nSPS) is 25.8. The van der Waals surface area contributed by atoms with Crippen molar-refractivity contribution in [1.29, 1.82) is 0 Å². The van der Waals surface area contributed by atoms with Crippen molar-refractivity contribution < 1.29 is 14.6 Å². The highest BCUT2D eigenvalue weighted by Gasteiger charge is 2.40. The lowest BCUT2D eigenvalue weighted by molar-refractivity contribution is -0.147. The minimum absolute atomic E-state index is 0.0247. The molecule has 0 aliphatic carbocycles. The quantitative estimate of drug-likeness (QED) is 0.797. The van der Waals surface area contributed by atoms with Gasteiger partial charge in [0.25, 0.3) is 0 Å². The fourth-order valence-electron chi connectivity index (χ4n) is 1.82. The molecule has 0 aromatic rings. The van der Waals surface area contributed by atoms with Crippen molar-refractivity contribution in [3.8, 4) is 0 Å². The topological polar surface area (TPSA) is 58.9 Å². The molecule has 104 valence electrons. The van der Waals surface area contributed by atoms with E-state index in [1.807, 2.05) is 6.92 Å². The third kappa shape index (κ3) is 3.48. The van der Waals surface area contributed by atoms with E-state index in [-0.39, 0.29) is 35.2 Å². The van der Waals surface area contributed by atoms with E-state index in [4.69, 9.17) is 4.74 Å². The zero-order valence-corrected chi connectivity index (χ0v) is 12.6. The van der Waals surface area contributed by atoms with E-state index >= 15 is 0 Å². The van der Waals surface area contributed by atoms with Gasteiger partial charge in [-0.1, -0.05) is 27.7 Å². The zero-order valence-electron chi connectivity index (χ0n) is 11.8. The first-order valence-electron chi connectivity index (χ1n) is 6.33. The molecule has 0 saturated heterocycles. The second kappa shape index (κ2) is 6.06. The van der Waals surface area contributed by atoms with Gasteiger partial charge >= 0.3 is 5.97 Å². The first-order valence-corrected chi connectivity index (χ1v) is 7.21. The number of nitrogens with zero attached hydrogens (tertiary/aromatic N) is 1. The predicted molar refractivity (Wildman–Crippen MR) is 74.9 cm³/mol. The molecule has 3 atom stereocenters. The van der Waals surface area contributed by atoms with E-state index in [0.717, 1.165) is 5.04 Å². The zero-order chi connectivity index (χ0) is 13.9. The molecule has 0 bridgehead atoms. The van der Waals surface area contributed by atoms with E-state index in [9.17, 15) is 9.90 Å². The van der Waals surface area contributed by atoms with Crippen LogP contribution < -0.4 is 0 Å². The lowest BCUT2D eigenvalue weighted by Gasteiger charge is -2.22. The smallest absolute Gasteiger partial charge is 0.309 e. The number of hydrogen-bond donors (Lipinski definition) is 1. The molecular formula is C13H23NO3S. The molecule has 5 heteroatoms. The number of thioether (sulfide) groups is 1. The van der Waals surface area contributed by atoms with Crippen LogP contribution in [0.3, 0.4) is 0 Å². The average molecular weight is 273 g/mol. The first-order chi connectivity index (χ1) is 8.31. The Morgan fingerprint density at radius 1 is 1.56 bits per heavy atom. The van der Waals surface area contributed by atoms with Gasteiger partial charge in [0.05, 0.1) is 30.2 Å². The van der Waals surface area contributed by atoms with Gasteiger partial charge in [0.1, 0.15) is 0 Å². The van der Waals surface area contributed by atoms with Crippen molar-refractivity contribution in [2.75, 3.05) is 13.2 Å². The number of hydrogen-bond acceptors (Lipinski definition) is 5. The molecule has 18 heavy (non-hydrogen) atoms. The molecule has 0 aromatic heterocycles. The molecule has 0 saturated carbocycles. The summed E-state index contributed by atoms with van der Waals surface area (Å²) in [6, 6.07) is -0.205. The molecule has 1 aliphatic heterocycles. The number of aliphatic hydroxyl groups excluding tert-OH is 1. The Morgan fingerprint density at radius 3 is 2.61 bits per heavy atom. The monoisotopic (exact) mass is 273 g/mol. The molecule has 0 amide bonds. The lowest BCUT2D eigenvalue weighted by Crippen LogP contribution is -2.33. The number of carbonyl (C=O) groups excluding carboxylic acids is 1. The van der Waals surface area contributed by atoms with E-state index < -0.39 is 0 Å². The highest BCUT2D eigenvalue weighted by Crippen LogP contribution is 2.39. The third-order valence-electron chi connectivity index (χ3n) is 2.89. The van der Waals surface area contributed by atoms with Crippen LogP contribution >= 0.6 is 11.8 Å². The summed E-state index contributed by atoms with van der Waals surface area (Å²) in [5.74, 6) is -0.463. The van der Waals surface area contributed by atoms with Gasteiger partial charge in [-0.05, 0) is 6.92 Å². The third-order valence-corrected chi connectivity index (χ3v) is 4.83. The Bertz CT molecular complexity index is 336. The fourth-order valence-corrected chi connectivity index (χ4v) is 3.25. The molecule has 4 nitrogen and oxygen atoms in total. The maximum atomic E-state index is 11.8. The summed E-state index contributed by atoms with van der Waals surface area (Å²) in [7, 11) is 0. The molecule has 1 aliphatic rings. The van der Waals surface area contributed by atoms with Gasteiger partial charge in [0.2, 0.25) is 0 Å². The van der Waals surface area contributed by atoms with Gasteiger partial charge in [0.15, 0.2) is 0 Å². The summed E-state index contributed by atoms with van der Waals surface area (Å²) in [6.07, 6.45) is 0. The van der Waals surface area contributed by atoms with Gasteiger partial charge in [-0.25, -0.2) is 0 Å². The lowest BCUT2D eigenvalue weighted by atomic mass is 9.98. The van der Waals surface area contributed by atoms with Gasteiger partial charge in [-0.3, -0.25) is 9.79 Å². The highest BCUT2D eigenvalue weighted by atomic mass is 32.2. The van der Waals surface area contributed by atoms with Crippen molar-refractivity contribution in [3.05, 3.63) is 0 Å². The second-order valence-electron chi connectivity index (χ2n) is 5.56. The second-order valence-corrected chi connectivity index (χ2v) is 6.72. The van der Waals surface area contributed by atoms with Gasteiger partial charge in [0, 0.05) is 10.7 Å². The van der Waals surface area contributed by atoms with Crippen LogP contribution in [0, 0.1) is 11.3 Å². The molecule has 1 rings (SSSR count). The summed E-state index contributed by atoms with van der Waals surface area (Å²) < 4.78 is 5.04. The number of carbonyl (C=O) groups is 1. The minimum Gasteiger partial charge on any atom is -0.466 e. The Labute approximate surface area is 113 Å². The van der Waals surface area contributed by atoms with Crippen molar-refractivity contribution >= 4 is 22.8 Å². The molecule has 0 radical (unpaired) electrons. The maximum absolute atomic E-state index is 11.8. The number of aliphatic imine (C=N–C) groups is 1. The summed E-state index contributed by atoms with van der Waals surface area (Å²) in [6.45, 7) is 10.3. The van der Waals surface area contributed by atoms with E-state index in [1.165, 1.54) is 0 Å². The molecule has 0 aromatic carbocycles. The largest absolute Gasteiger partial charge is 0.466 e. The van der Waals surface area contributed by atoms with Crippen molar-refractivity contribution in [1.82, 2.24) is 0 Å². The van der Waals surface area contributed by atoms with Crippen LogP contribution in [0.25, 0.3) is 0 Å². The van der Waals surface area contributed by atoms with Crippen molar-refractivity contribution in [3.63, 3.8) is 0 Å². The molecule has 0 fully saturated rings. The molecular weight excluding hydrogens is 250 g/mol. The van der Waals surface area contributed by atoms with Gasteiger partial charge in [-0.15, -0.1) is 11.8 Å². The average Bonchev–Trinajstić information content (AvgIpc) is 2.71. The van der Waals surface area contributed by atoms with Crippen molar-refractivity contribution in [2.24, 2.45) is 16.3 Å².